The molecule has 1 aromatic rings. The molecule has 1 heterocycles. The van der Waals surface area contributed by atoms with E-state index in [1.165, 1.54) is 6.92 Å². The van der Waals surface area contributed by atoms with Gasteiger partial charge in [0.2, 0.25) is 11.8 Å². The quantitative estimate of drug-likeness (QED) is 0.733. The number of carbonyl (C=O) groups excluding carboxylic acids is 3. The zero-order valence-corrected chi connectivity index (χ0v) is 16.4. The van der Waals surface area contributed by atoms with Gasteiger partial charge in [-0.3, -0.25) is 14.4 Å². The minimum Gasteiger partial charge on any atom is -0.356 e. The molecule has 6 heteroatoms. The van der Waals surface area contributed by atoms with Gasteiger partial charge in [0.25, 0.3) is 5.91 Å². The van der Waals surface area contributed by atoms with E-state index in [1.54, 1.807) is 24.3 Å². The number of likely N-dealkylation sites (tertiary alicyclic amines) is 1. The summed E-state index contributed by atoms with van der Waals surface area (Å²) in [6, 6.07) is 7.28. The molecule has 148 valence electrons. The van der Waals surface area contributed by atoms with Crippen molar-refractivity contribution in [2.75, 3.05) is 18.4 Å². The molecule has 1 atom stereocenters. The van der Waals surface area contributed by atoms with Crippen molar-refractivity contribution in [3.05, 3.63) is 29.8 Å². The number of amides is 3. The van der Waals surface area contributed by atoms with E-state index in [0.29, 0.717) is 24.2 Å². The van der Waals surface area contributed by atoms with Crippen molar-refractivity contribution < 1.29 is 14.4 Å². The molecule has 0 aliphatic carbocycles. The number of nitrogens with one attached hydrogen (secondary N) is 2. The first-order chi connectivity index (χ1) is 13.0. The van der Waals surface area contributed by atoms with Gasteiger partial charge in [0.1, 0.15) is 0 Å². The van der Waals surface area contributed by atoms with E-state index in [2.05, 4.69) is 17.6 Å². The third-order valence-corrected chi connectivity index (χ3v) is 4.91. The SMILES string of the molecule is CCCCC(=O)Nc1ccc(C(=O)N2CCCC[C@@H]2CCNC(C)=O)cc1. The van der Waals surface area contributed by atoms with Crippen molar-refractivity contribution in [1.29, 1.82) is 0 Å². The highest BCUT2D eigenvalue weighted by Gasteiger charge is 2.27. The van der Waals surface area contributed by atoms with E-state index in [1.807, 2.05) is 4.90 Å². The molecule has 2 N–H and O–H groups in total. The van der Waals surface area contributed by atoms with Crippen LogP contribution in [-0.2, 0) is 9.59 Å². The lowest BCUT2D eigenvalue weighted by molar-refractivity contribution is -0.119. The number of nitrogens with zero attached hydrogens (tertiary/aromatic N) is 1. The van der Waals surface area contributed by atoms with Crippen molar-refractivity contribution >= 4 is 23.4 Å². The molecular weight excluding hydrogens is 342 g/mol. The maximum absolute atomic E-state index is 12.9. The maximum Gasteiger partial charge on any atom is 0.254 e. The Labute approximate surface area is 161 Å². The number of piperidine rings is 1. The Morgan fingerprint density at radius 1 is 1.15 bits per heavy atom. The van der Waals surface area contributed by atoms with Crippen LogP contribution in [0.4, 0.5) is 5.69 Å². The second kappa shape index (κ2) is 10.7. The monoisotopic (exact) mass is 373 g/mol. The van der Waals surface area contributed by atoms with Crippen LogP contribution < -0.4 is 10.6 Å². The van der Waals surface area contributed by atoms with Crippen LogP contribution in [0.25, 0.3) is 0 Å². The van der Waals surface area contributed by atoms with Crippen LogP contribution in [-0.4, -0.2) is 41.8 Å². The average Bonchev–Trinajstić information content (AvgIpc) is 2.66. The highest BCUT2D eigenvalue weighted by Crippen LogP contribution is 2.22. The first-order valence-electron chi connectivity index (χ1n) is 9.96. The molecule has 0 radical (unpaired) electrons. The second-order valence-electron chi connectivity index (χ2n) is 7.15. The fraction of sp³-hybridized carbons (Fsp3) is 0.571. The second-order valence-corrected chi connectivity index (χ2v) is 7.15. The minimum atomic E-state index is -0.0414. The van der Waals surface area contributed by atoms with Gasteiger partial charge in [-0.2, -0.15) is 0 Å². The summed E-state index contributed by atoms with van der Waals surface area (Å²) in [5, 5.41) is 5.68. The molecular formula is C21H31N3O3. The van der Waals surface area contributed by atoms with Crippen LogP contribution in [0.5, 0.6) is 0 Å². The van der Waals surface area contributed by atoms with Gasteiger partial charge in [0.15, 0.2) is 0 Å². The summed E-state index contributed by atoms with van der Waals surface area (Å²) in [5.41, 5.74) is 1.35. The zero-order chi connectivity index (χ0) is 19.6. The Morgan fingerprint density at radius 2 is 1.89 bits per heavy atom. The van der Waals surface area contributed by atoms with E-state index in [0.717, 1.165) is 45.1 Å². The molecule has 0 spiro atoms. The van der Waals surface area contributed by atoms with E-state index < -0.39 is 0 Å². The summed E-state index contributed by atoms with van der Waals surface area (Å²) < 4.78 is 0. The number of anilines is 1. The summed E-state index contributed by atoms with van der Waals surface area (Å²) in [6.07, 6.45) is 6.23. The van der Waals surface area contributed by atoms with E-state index in [-0.39, 0.29) is 23.8 Å². The summed E-state index contributed by atoms with van der Waals surface area (Å²) >= 11 is 0. The standard InChI is InChI=1S/C21H31N3O3/c1-3-4-8-20(26)23-18-11-9-17(10-12-18)21(27)24-15-6-5-7-19(24)13-14-22-16(2)25/h9-12,19H,3-8,13-15H2,1-2H3,(H,22,25)(H,23,26)/t19-/m1/s1. The summed E-state index contributed by atoms with van der Waals surface area (Å²) in [5.74, 6) is -0.0170. The maximum atomic E-state index is 12.9. The predicted octanol–water partition coefficient (Wildman–Crippen LogP) is 3.34. The number of carbonyl (C=O) groups is 3. The fourth-order valence-corrected chi connectivity index (χ4v) is 3.41. The minimum absolute atomic E-state index is 0.00462. The Kier molecular flexibility index (Phi) is 8.30. The van der Waals surface area contributed by atoms with Crippen LogP contribution in [0, 0.1) is 0 Å². The summed E-state index contributed by atoms with van der Waals surface area (Å²) in [6.45, 7) is 4.90. The molecule has 1 aliphatic heterocycles. The van der Waals surface area contributed by atoms with Gasteiger partial charge in [-0.25, -0.2) is 0 Å². The van der Waals surface area contributed by atoms with E-state index >= 15 is 0 Å². The van der Waals surface area contributed by atoms with Gasteiger partial charge in [-0.1, -0.05) is 13.3 Å². The Balaban J connectivity index is 1.95. The molecule has 0 bridgehead atoms. The van der Waals surface area contributed by atoms with E-state index in [4.69, 9.17) is 0 Å². The summed E-state index contributed by atoms with van der Waals surface area (Å²) in [7, 11) is 0. The summed E-state index contributed by atoms with van der Waals surface area (Å²) in [4.78, 5) is 37.7. The predicted molar refractivity (Wildman–Crippen MR) is 107 cm³/mol. The number of benzene rings is 1. The van der Waals surface area contributed by atoms with Gasteiger partial charge >= 0.3 is 0 Å². The van der Waals surface area contributed by atoms with Crippen LogP contribution >= 0.6 is 0 Å². The topological polar surface area (TPSA) is 78.5 Å². The van der Waals surface area contributed by atoms with Crippen molar-refractivity contribution in [2.24, 2.45) is 0 Å². The average molecular weight is 373 g/mol. The molecule has 0 unspecified atom stereocenters. The number of hydrogen-bond donors (Lipinski definition) is 2. The molecule has 2 rings (SSSR count). The third kappa shape index (κ3) is 6.70. The van der Waals surface area contributed by atoms with Gasteiger partial charge in [-0.15, -0.1) is 0 Å². The number of unbranched alkanes of at least 4 members (excludes halogenated alkanes) is 1. The van der Waals surface area contributed by atoms with Crippen molar-refractivity contribution in [3.8, 4) is 0 Å². The van der Waals surface area contributed by atoms with Gasteiger partial charge in [0, 0.05) is 43.7 Å². The van der Waals surface area contributed by atoms with E-state index in [9.17, 15) is 14.4 Å². The van der Waals surface area contributed by atoms with Crippen LogP contribution in [0.2, 0.25) is 0 Å². The third-order valence-electron chi connectivity index (χ3n) is 4.91. The van der Waals surface area contributed by atoms with Crippen molar-refractivity contribution in [2.45, 2.75) is 64.8 Å². The molecule has 27 heavy (non-hydrogen) atoms. The molecule has 1 aliphatic rings. The molecule has 1 aromatic carbocycles. The molecule has 1 fully saturated rings. The first-order valence-corrected chi connectivity index (χ1v) is 9.96. The zero-order valence-electron chi connectivity index (χ0n) is 16.4. The Morgan fingerprint density at radius 3 is 2.56 bits per heavy atom. The Hall–Kier alpha value is -2.37. The molecule has 1 saturated heterocycles. The van der Waals surface area contributed by atoms with Crippen LogP contribution in [0.15, 0.2) is 24.3 Å². The molecule has 0 aromatic heterocycles. The number of hydrogen-bond acceptors (Lipinski definition) is 3. The van der Waals surface area contributed by atoms with Crippen molar-refractivity contribution in [1.82, 2.24) is 10.2 Å². The van der Waals surface area contributed by atoms with Crippen LogP contribution in [0.3, 0.4) is 0 Å². The molecule has 3 amide bonds. The highest BCUT2D eigenvalue weighted by molar-refractivity contribution is 5.96. The lowest BCUT2D eigenvalue weighted by Gasteiger charge is -2.36. The van der Waals surface area contributed by atoms with Crippen molar-refractivity contribution in [3.63, 3.8) is 0 Å². The normalized spacial score (nSPS) is 16.7. The fourth-order valence-electron chi connectivity index (χ4n) is 3.41. The Bertz CT molecular complexity index is 643. The highest BCUT2D eigenvalue weighted by atomic mass is 16.2. The lowest BCUT2D eigenvalue weighted by atomic mass is 9.98. The first kappa shape index (κ1) is 20.9. The lowest BCUT2D eigenvalue weighted by Crippen LogP contribution is -2.45. The van der Waals surface area contributed by atoms with Gasteiger partial charge in [0.05, 0.1) is 0 Å². The largest absolute Gasteiger partial charge is 0.356 e. The smallest absolute Gasteiger partial charge is 0.254 e. The van der Waals surface area contributed by atoms with Gasteiger partial charge in [-0.05, 0) is 56.4 Å². The van der Waals surface area contributed by atoms with Gasteiger partial charge < -0.3 is 15.5 Å². The van der Waals surface area contributed by atoms with Crippen LogP contribution in [0.1, 0.15) is 69.2 Å². The molecule has 6 nitrogen and oxygen atoms in total. The number of rotatable bonds is 8. The molecule has 0 saturated carbocycles.